The number of rotatable bonds is 2. The lowest BCUT2D eigenvalue weighted by Crippen LogP contribution is -2.37. The third-order valence-corrected chi connectivity index (χ3v) is 2.70. The van der Waals surface area contributed by atoms with Crippen molar-refractivity contribution in [1.29, 1.82) is 0 Å². The predicted molar refractivity (Wildman–Crippen MR) is 67.4 cm³/mol. The highest BCUT2D eigenvalue weighted by molar-refractivity contribution is 5.93. The lowest BCUT2D eigenvalue weighted by molar-refractivity contribution is 0.101. The summed E-state index contributed by atoms with van der Waals surface area (Å²) in [5.74, 6) is -1.21. The summed E-state index contributed by atoms with van der Waals surface area (Å²) < 4.78 is 14.4. The van der Waals surface area contributed by atoms with E-state index in [4.69, 9.17) is 0 Å². The van der Waals surface area contributed by atoms with Gasteiger partial charge in [-0.25, -0.2) is 13.8 Å². The van der Waals surface area contributed by atoms with Crippen molar-refractivity contribution >= 4 is 5.78 Å². The van der Waals surface area contributed by atoms with Gasteiger partial charge in [0.1, 0.15) is 5.82 Å². The Morgan fingerprint density at radius 3 is 2.63 bits per heavy atom. The SMILES string of the molecule is CC(=O)c1c[nH]c(=O)n(-c2cc(C)ccc2F)c1=O. The molecule has 98 valence electrons. The summed E-state index contributed by atoms with van der Waals surface area (Å²) >= 11 is 0. The van der Waals surface area contributed by atoms with Gasteiger partial charge in [0, 0.05) is 6.20 Å². The van der Waals surface area contributed by atoms with Crippen LogP contribution in [0.5, 0.6) is 0 Å². The number of halogens is 1. The largest absolute Gasteiger partial charge is 0.333 e. The van der Waals surface area contributed by atoms with Crippen LogP contribution < -0.4 is 11.2 Å². The summed E-state index contributed by atoms with van der Waals surface area (Å²) in [4.78, 5) is 37.3. The average Bonchev–Trinajstić information content (AvgIpc) is 2.33. The number of benzene rings is 1. The van der Waals surface area contributed by atoms with Crippen molar-refractivity contribution < 1.29 is 9.18 Å². The molecule has 2 rings (SSSR count). The van der Waals surface area contributed by atoms with Gasteiger partial charge in [0.2, 0.25) is 0 Å². The fourth-order valence-corrected chi connectivity index (χ4v) is 1.74. The molecule has 0 radical (unpaired) electrons. The molecule has 19 heavy (non-hydrogen) atoms. The molecule has 6 heteroatoms. The molecular formula is C13H11FN2O3. The molecule has 0 unspecified atom stereocenters. The second-order valence-corrected chi connectivity index (χ2v) is 4.16. The van der Waals surface area contributed by atoms with E-state index in [0.29, 0.717) is 10.1 Å². The van der Waals surface area contributed by atoms with Crippen LogP contribution in [0.1, 0.15) is 22.8 Å². The number of ketones is 1. The topological polar surface area (TPSA) is 71.9 Å². The summed E-state index contributed by atoms with van der Waals surface area (Å²) in [5.41, 5.74) is -1.30. The van der Waals surface area contributed by atoms with E-state index in [1.807, 2.05) is 0 Å². The zero-order chi connectivity index (χ0) is 14.2. The molecule has 0 saturated heterocycles. The molecule has 0 spiro atoms. The molecule has 1 heterocycles. The average molecular weight is 262 g/mol. The Kier molecular flexibility index (Phi) is 3.16. The van der Waals surface area contributed by atoms with Crippen molar-refractivity contribution in [3.05, 3.63) is 62.2 Å². The molecular weight excluding hydrogens is 251 g/mol. The van der Waals surface area contributed by atoms with Gasteiger partial charge in [-0.2, -0.15) is 0 Å². The normalized spacial score (nSPS) is 10.5. The van der Waals surface area contributed by atoms with Crippen LogP contribution in [0, 0.1) is 12.7 Å². The Morgan fingerprint density at radius 2 is 2.00 bits per heavy atom. The second kappa shape index (κ2) is 4.64. The van der Waals surface area contributed by atoms with E-state index in [9.17, 15) is 18.8 Å². The first-order chi connectivity index (χ1) is 8.91. The number of nitrogens with zero attached hydrogens (tertiary/aromatic N) is 1. The summed E-state index contributed by atoms with van der Waals surface area (Å²) in [7, 11) is 0. The fourth-order valence-electron chi connectivity index (χ4n) is 1.74. The van der Waals surface area contributed by atoms with Crippen molar-refractivity contribution in [2.45, 2.75) is 13.8 Å². The molecule has 0 aliphatic carbocycles. The summed E-state index contributed by atoms with van der Waals surface area (Å²) in [6.45, 7) is 2.91. The quantitative estimate of drug-likeness (QED) is 0.826. The van der Waals surface area contributed by atoms with Crippen molar-refractivity contribution in [2.24, 2.45) is 0 Å². The minimum atomic E-state index is -0.833. The second-order valence-electron chi connectivity index (χ2n) is 4.16. The van der Waals surface area contributed by atoms with Crippen LogP contribution in [0.3, 0.4) is 0 Å². The van der Waals surface area contributed by atoms with E-state index in [1.54, 1.807) is 6.92 Å². The third-order valence-electron chi connectivity index (χ3n) is 2.70. The number of carbonyl (C=O) groups excluding carboxylic acids is 1. The van der Waals surface area contributed by atoms with E-state index >= 15 is 0 Å². The van der Waals surface area contributed by atoms with Crippen LogP contribution in [-0.4, -0.2) is 15.3 Å². The Labute approximate surface area is 107 Å². The molecule has 1 aromatic carbocycles. The first-order valence-corrected chi connectivity index (χ1v) is 5.54. The van der Waals surface area contributed by atoms with E-state index in [-0.39, 0.29) is 11.3 Å². The minimum absolute atomic E-state index is 0.172. The van der Waals surface area contributed by atoms with Gasteiger partial charge in [0.25, 0.3) is 5.56 Å². The fraction of sp³-hybridized carbons (Fsp3) is 0.154. The number of hydrogen-bond acceptors (Lipinski definition) is 3. The summed E-state index contributed by atoms with van der Waals surface area (Å²) in [6, 6.07) is 4.06. The first-order valence-electron chi connectivity index (χ1n) is 5.54. The lowest BCUT2D eigenvalue weighted by Gasteiger charge is -2.07. The Balaban J connectivity index is 2.86. The highest BCUT2D eigenvalue weighted by atomic mass is 19.1. The number of nitrogens with one attached hydrogen (secondary N) is 1. The highest BCUT2D eigenvalue weighted by Gasteiger charge is 2.15. The van der Waals surface area contributed by atoms with E-state index in [0.717, 1.165) is 12.3 Å². The van der Waals surface area contributed by atoms with Gasteiger partial charge in [-0.1, -0.05) is 6.07 Å². The van der Waals surface area contributed by atoms with Gasteiger partial charge in [-0.3, -0.25) is 9.59 Å². The number of hydrogen-bond donors (Lipinski definition) is 1. The Bertz CT molecular complexity index is 774. The molecule has 1 aromatic heterocycles. The molecule has 0 aliphatic heterocycles. The monoisotopic (exact) mass is 262 g/mol. The summed E-state index contributed by atoms with van der Waals surface area (Å²) in [5, 5.41) is 0. The van der Waals surface area contributed by atoms with Crippen LogP contribution in [0.25, 0.3) is 5.69 Å². The van der Waals surface area contributed by atoms with Crippen LogP contribution in [0.4, 0.5) is 4.39 Å². The maximum Gasteiger partial charge on any atom is 0.333 e. The van der Waals surface area contributed by atoms with Gasteiger partial charge in [0.15, 0.2) is 5.78 Å². The van der Waals surface area contributed by atoms with E-state index in [1.165, 1.54) is 19.1 Å². The number of H-pyrrole nitrogens is 1. The molecule has 1 N–H and O–H groups in total. The molecule has 5 nitrogen and oxygen atoms in total. The van der Waals surface area contributed by atoms with Gasteiger partial charge >= 0.3 is 5.69 Å². The molecule has 0 amide bonds. The standard InChI is InChI=1S/C13H11FN2O3/c1-7-3-4-10(14)11(5-7)16-12(18)9(8(2)17)6-15-13(16)19/h3-6H,1-2H3,(H,15,19). The third kappa shape index (κ3) is 2.24. The highest BCUT2D eigenvalue weighted by Crippen LogP contribution is 2.12. The van der Waals surface area contributed by atoms with E-state index in [2.05, 4.69) is 4.98 Å². The molecule has 0 saturated carbocycles. The summed E-state index contributed by atoms with van der Waals surface area (Å²) in [6.07, 6.45) is 1.04. The van der Waals surface area contributed by atoms with Crippen LogP contribution in [-0.2, 0) is 0 Å². The van der Waals surface area contributed by atoms with Gasteiger partial charge in [-0.05, 0) is 31.5 Å². The molecule has 0 bridgehead atoms. The predicted octanol–water partition coefficient (Wildman–Crippen LogP) is 1.18. The number of aromatic amines is 1. The smallest absolute Gasteiger partial charge is 0.313 e. The molecule has 0 fully saturated rings. The van der Waals surface area contributed by atoms with Crippen LogP contribution in [0.2, 0.25) is 0 Å². The van der Waals surface area contributed by atoms with Crippen LogP contribution >= 0.6 is 0 Å². The lowest BCUT2D eigenvalue weighted by atomic mass is 10.2. The number of aromatic nitrogens is 2. The first kappa shape index (κ1) is 12.9. The van der Waals surface area contributed by atoms with Crippen molar-refractivity contribution in [2.75, 3.05) is 0 Å². The maximum absolute atomic E-state index is 13.8. The Hall–Kier alpha value is -2.50. The van der Waals surface area contributed by atoms with Crippen LogP contribution in [0.15, 0.2) is 34.0 Å². The Morgan fingerprint density at radius 1 is 1.32 bits per heavy atom. The number of Topliss-reactive ketones (excluding diaryl/α,β-unsaturated/α-hetero) is 1. The van der Waals surface area contributed by atoms with Crippen molar-refractivity contribution in [1.82, 2.24) is 9.55 Å². The zero-order valence-corrected chi connectivity index (χ0v) is 10.4. The van der Waals surface area contributed by atoms with Gasteiger partial charge in [0.05, 0.1) is 11.3 Å². The van der Waals surface area contributed by atoms with Gasteiger partial charge in [-0.15, -0.1) is 0 Å². The zero-order valence-electron chi connectivity index (χ0n) is 10.4. The number of aryl methyl sites for hydroxylation is 1. The number of carbonyl (C=O) groups is 1. The van der Waals surface area contributed by atoms with Crippen molar-refractivity contribution in [3.8, 4) is 5.69 Å². The molecule has 0 aliphatic rings. The van der Waals surface area contributed by atoms with E-state index < -0.39 is 22.8 Å². The van der Waals surface area contributed by atoms with Gasteiger partial charge < -0.3 is 4.98 Å². The molecule has 2 aromatic rings. The van der Waals surface area contributed by atoms with Crippen molar-refractivity contribution in [3.63, 3.8) is 0 Å². The minimum Gasteiger partial charge on any atom is -0.313 e. The molecule has 0 atom stereocenters. The maximum atomic E-state index is 13.8.